The molecule has 1 amide bonds. The van der Waals surface area contributed by atoms with Crippen LogP contribution in [0.15, 0.2) is 41.0 Å². The molecular weight excluding hydrogens is 384 g/mol. The average molecular weight is 395 g/mol. The van der Waals surface area contributed by atoms with Crippen molar-refractivity contribution >= 4 is 50.9 Å². The van der Waals surface area contributed by atoms with Crippen LogP contribution in [0, 0.1) is 11.6 Å². The van der Waals surface area contributed by atoms with Gasteiger partial charge in [0.25, 0.3) is 5.91 Å². The Morgan fingerprint density at radius 2 is 2.08 bits per heavy atom. The summed E-state index contributed by atoms with van der Waals surface area (Å²) in [5.74, 6) is -2.93. The predicted molar refractivity (Wildman–Crippen MR) is 94.1 cm³/mol. The number of halogens is 2. The lowest BCUT2D eigenvalue weighted by molar-refractivity contribution is -0.144. The molecule has 0 radical (unpaired) electrons. The fraction of sp³-hybridized carbons (Fsp3) is 0.125. The van der Waals surface area contributed by atoms with Gasteiger partial charge in [-0.15, -0.1) is 11.3 Å². The van der Waals surface area contributed by atoms with E-state index in [1.807, 2.05) is 11.4 Å². The monoisotopic (exact) mass is 395 g/mol. The van der Waals surface area contributed by atoms with Gasteiger partial charge in [-0.3, -0.25) is 9.59 Å². The third-order valence-corrected chi connectivity index (χ3v) is 4.92. The third-order valence-electron chi connectivity index (χ3n) is 3.12. The van der Waals surface area contributed by atoms with Crippen molar-refractivity contribution in [3.8, 4) is 0 Å². The Bertz CT molecular complexity index is 965. The highest BCUT2D eigenvalue weighted by Crippen LogP contribution is 2.27. The van der Waals surface area contributed by atoms with Gasteiger partial charge in [0.1, 0.15) is 27.8 Å². The van der Waals surface area contributed by atoms with Crippen molar-refractivity contribution in [1.29, 1.82) is 0 Å². The maximum atomic E-state index is 13.4. The first-order valence-electron chi connectivity index (χ1n) is 7.24. The maximum absolute atomic E-state index is 13.4. The lowest BCUT2D eigenvalue weighted by Crippen LogP contribution is -2.22. The Hall–Kier alpha value is -2.59. The van der Waals surface area contributed by atoms with Crippen LogP contribution in [0.1, 0.15) is 0 Å². The summed E-state index contributed by atoms with van der Waals surface area (Å²) in [6.07, 6.45) is 1.41. The first-order chi connectivity index (χ1) is 12.5. The summed E-state index contributed by atoms with van der Waals surface area (Å²) in [6.45, 7) is -0.604. The number of thioether (sulfide) groups is 1. The molecule has 1 aromatic carbocycles. The Kier molecular flexibility index (Phi) is 5.74. The molecule has 0 aliphatic heterocycles. The molecule has 2 heterocycles. The zero-order chi connectivity index (χ0) is 18.5. The molecule has 3 rings (SSSR count). The molecule has 0 saturated heterocycles. The lowest BCUT2D eigenvalue weighted by Gasteiger charge is -2.07. The second kappa shape index (κ2) is 8.19. The minimum absolute atomic E-state index is 0.0520. The van der Waals surface area contributed by atoms with Gasteiger partial charge in [0, 0.05) is 11.5 Å². The third kappa shape index (κ3) is 4.52. The SMILES string of the molecule is O=C(COC(=O)CSc1ncnc2sccc12)Nc1cc(F)ccc1F. The van der Waals surface area contributed by atoms with Crippen molar-refractivity contribution in [3.05, 3.63) is 47.6 Å². The number of hydrogen-bond acceptors (Lipinski definition) is 7. The predicted octanol–water partition coefficient (Wildman–Crippen LogP) is 3.24. The Morgan fingerprint density at radius 1 is 1.23 bits per heavy atom. The van der Waals surface area contributed by atoms with Gasteiger partial charge in [0.2, 0.25) is 0 Å². The fourth-order valence-corrected chi connectivity index (χ4v) is 3.55. The summed E-state index contributed by atoms with van der Waals surface area (Å²) in [5.41, 5.74) is -0.318. The molecule has 0 spiro atoms. The summed E-state index contributed by atoms with van der Waals surface area (Å²) < 4.78 is 31.3. The standard InChI is InChI=1S/C16H11F2N3O3S2/c17-9-1-2-11(18)12(5-9)21-13(22)6-24-14(23)7-26-16-10-3-4-25-15(10)19-8-20-16/h1-5,8H,6-7H2,(H,21,22). The summed E-state index contributed by atoms with van der Waals surface area (Å²) in [6, 6.07) is 4.51. The number of thiophene rings is 1. The number of carbonyl (C=O) groups is 2. The van der Waals surface area contributed by atoms with E-state index < -0.39 is 30.1 Å². The minimum atomic E-state index is -0.787. The molecule has 0 bridgehead atoms. The van der Waals surface area contributed by atoms with Crippen LogP contribution < -0.4 is 5.32 Å². The van der Waals surface area contributed by atoms with Gasteiger partial charge >= 0.3 is 5.97 Å². The van der Waals surface area contributed by atoms with Crippen LogP contribution in [0.2, 0.25) is 0 Å². The van der Waals surface area contributed by atoms with Crippen molar-refractivity contribution in [2.24, 2.45) is 0 Å². The molecule has 1 N–H and O–H groups in total. The number of amides is 1. The largest absolute Gasteiger partial charge is 0.455 e. The number of aromatic nitrogens is 2. The van der Waals surface area contributed by atoms with Crippen LogP contribution >= 0.6 is 23.1 Å². The van der Waals surface area contributed by atoms with E-state index in [0.29, 0.717) is 5.03 Å². The Labute approximate surface area is 154 Å². The molecule has 0 fully saturated rings. The molecule has 26 heavy (non-hydrogen) atoms. The second-order valence-corrected chi connectivity index (χ2v) is 6.80. The number of carbonyl (C=O) groups excluding carboxylic acids is 2. The smallest absolute Gasteiger partial charge is 0.316 e. The fourth-order valence-electron chi connectivity index (χ4n) is 1.98. The molecule has 0 saturated carbocycles. The first kappa shape index (κ1) is 18.2. The molecule has 2 aromatic heterocycles. The number of ether oxygens (including phenoxy) is 1. The molecular formula is C16H11F2N3O3S2. The van der Waals surface area contributed by atoms with Gasteiger partial charge in [-0.25, -0.2) is 18.7 Å². The zero-order valence-electron chi connectivity index (χ0n) is 13.1. The quantitative estimate of drug-likeness (QED) is 0.392. The summed E-state index contributed by atoms with van der Waals surface area (Å²) >= 11 is 2.62. The van der Waals surface area contributed by atoms with E-state index in [0.717, 1.165) is 40.2 Å². The van der Waals surface area contributed by atoms with Crippen molar-refractivity contribution in [2.45, 2.75) is 5.03 Å². The molecule has 10 heteroatoms. The maximum Gasteiger partial charge on any atom is 0.316 e. The van der Waals surface area contributed by atoms with E-state index in [9.17, 15) is 18.4 Å². The number of rotatable bonds is 6. The number of fused-ring (bicyclic) bond motifs is 1. The molecule has 6 nitrogen and oxygen atoms in total. The van der Waals surface area contributed by atoms with E-state index in [1.54, 1.807) is 0 Å². The average Bonchev–Trinajstić information content (AvgIpc) is 3.10. The van der Waals surface area contributed by atoms with Gasteiger partial charge in [0.05, 0.1) is 11.4 Å². The number of nitrogens with one attached hydrogen (secondary N) is 1. The van der Waals surface area contributed by atoms with Crippen molar-refractivity contribution in [3.63, 3.8) is 0 Å². The van der Waals surface area contributed by atoms with Gasteiger partial charge in [0.15, 0.2) is 6.61 Å². The van der Waals surface area contributed by atoms with Gasteiger partial charge in [-0.2, -0.15) is 0 Å². The number of benzene rings is 1. The highest BCUT2D eigenvalue weighted by molar-refractivity contribution is 8.00. The highest BCUT2D eigenvalue weighted by atomic mass is 32.2. The van der Waals surface area contributed by atoms with Crippen LogP contribution in [0.4, 0.5) is 14.5 Å². The van der Waals surface area contributed by atoms with Gasteiger partial charge < -0.3 is 10.1 Å². The minimum Gasteiger partial charge on any atom is -0.455 e. The van der Waals surface area contributed by atoms with Crippen LogP contribution in [-0.2, 0) is 14.3 Å². The molecule has 3 aromatic rings. The molecule has 134 valence electrons. The first-order valence-corrected chi connectivity index (χ1v) is 9.11. The summed E-state index contributed by atoms with van der Waals surface area (Å²) in [4.78, 5) is 32.5. The van der Waals surface area contributed by atoms with Crippen molar-refractivity contribution in [2.75, 3.05) is 17.7 Å². The van der Waals surface area contributed by atoms with E-state index in [1.165, 1.54) is 17.7 Å². The number of esters is 1. The summed E-state index contributed by atoms with van der Waals surface area (Å²) in [5, 5.41) is 5.50. The molecule has 0 unspecified atom stereocenters. The number of hydrogen-bond donors (Lipinski definition) is 1. The van der Waals surface area contributed by atoms with E-state index in [2.05, 4.69) is 15.3 Å². The van der Waals surface area contributed by atoms with Crippen LogP contribution in [0.5, 0.6) is 0 Å². The van der Waals surface area contributed by atoms with Crippen LogP contribution in [0.25, 0.3) is 10.2 Å². The zero-order valence-corrected chi connectivity index (χ0v) is 14.7. The number of nitrogens with zero attached hydrogens (tertiary/aromatic N) is 2. The summed E-state index contributed by atoms with van der Waals surface area (Å²) in [7, 11) is 0. The Morgan fingerprint density at radius 3 is 2.92 bits per heavy atom. The van der Waals surface area contributed by atoms with Crippen molar-refractivity contribution in [1.82, 2.24) is 9.97 Å². The molecule has 0 aliphatic rings. The number of anilines is 1. The van der Waals surface area contributed by atoms with Gasteiger partial charge in [-0.1, -0.05) is 11.8 Å². The normalized spacial score (nSPS) is 10.7. The lowest BCUT2D eigenvalue weighted by atomic mass is 10.3. The molecule has 0 atom stereocenters. The van der Waals surface area contributed by atoms with Gasteiger partial charge in [-0.05, 0) is 23.6 Å². The van der Waals surface area contributed by atoms with E-state index in [-0.39, 0.29) is 11.4 Å². The van der Waals surface area contributed by atoms with Crippen LogP contribution in [0.3, 0.4) is 0 Å². The highest BCUT2D eigenvalue weighted by Gasteiger charge is 2.13. The van der Waals surface area contributed by atoms with Crippen LogP contribution in [-0.4, -0.2) is 34.2 Å². The van der Waals surface area contributed by atoms with E-state index >= 15 is 0 Å². The van der Waals surface area contributed by atoms with E-state index in [4.69, 9.17) is 4.74 Å². The molecule has 0 aliphatic carbocycles. The second-order valence-electron chi connectivity index (χ2n) is 4.94. The topological polar surface area (TPSA) is 81.2 Å². The Balaban J connectivity index is 1.48. The van der Waals surface area contributed by atoms with Crippen molar-refractivity contribution < 1.29 is 23.1 Å².